The number of nitrogens with zero attached hydrogens (tertiary/aromatic N) is 2. The van der Waals surface area contributed by atoms with Crippen LogP contribution in [0.3, 0.4) is 0 Å². The van der Waals surface area contributed by atoms with Gasteiger partial charge in [-0.2, -0.15) is 5.10 Å². The molecule has 0 bridgehead atoms. The van der Waals surface area contributed by atoms with Crippen molar-refractivity contribution in [3.05, 3.63) is 102 Å². The van der Waals surface area contributed by atoms with Crippen LogP contribution in [-0.2, 0) is 6.61 Å². The molecule has 0 unspecified atom stereocenters. The Morgan fingerprint density at radius 2 is 1.73 bits per heavy atom. The molecule has 30 heavy (non-hydrogen) atoms. The first kappa shape index (κ1) is 18.3. The minimum absolute atomic E-state index is 0.520. The lowest BCUT2D eigenvalue weighted by atomic mass is 10.1. The summed E-state index contributed by atoms with van der Waals surface area (Å²) < 4.78 is 7.19. The Morgan fingerprint density at radius 3 is 2.70 bits per heavy atom. The summed E-state index contributed by atoms with van der Waals surface area (Å²) in [4.78, 5) is 4.52. The molecule has 0 saturated carbocycles. The first-order chi connectivity index (χ1) is 14.8. The number of ether oxygens (including phenoxy) is 1. The molecule has 0 aliphatic heterocycles. The van der Waals surface area contributed by atoms with E-state index in [1.807, 2.05) is 42.5 Å². The van der Waals surface area contributed by atoms with Crippen LogP contribution < -0.4 is 10.2 Å². The highest BCUT2D eigenvalue weighted by Gasteiger charge is 2.03. The SMILES string of the molecule is C(=N/Nc1nc2ccccc2s1)/c1cccc(OCc2cccc3ccccc23)c1. The van der Waals surface area contributed by atoms with E-state index in [2.05, 4.69) is 64.0 Å². The summed E-state index contributed by atoms with van der Waals surface area (Å²) >= 11 is 1.58. The maximum atomic E-state index is 6.05. The summed E-state index contributed by atoms with van der Waals surface area (Å²) in [7, 11) is 0. The number of aromatic nitrogens is 1. The predicted octanol–water partition coefficient (Wildman–Crippen LogP) is 6.47. The van der Waals surface area contributed by atoms with E-state index in [1.165, 1.54) is 16.3 Å². The second-order valence-electron chi connectivity index (χ2n) is 6.86. The number of thiazole rings is 1. The Hall–Kier alpha value is -3.70. The number of anilines is 1. The number of hydrazone groups is 1. The molecule has 0 spiro atoms. The molecule has 0 saturated heterocycles. The van der Waals surface area contributed by atoms with Crippen molar-refractivity contribution in [2.45, 2.75) is 6.61 Å². The van der Waals surface area contributed by atoms with Crippen molar-refractivity contribution in [2.75, 3.05) is 5.43 Å². The fourth-order valence-electron chi connectivity index (χ4n) is 3.35. The Kier molecular flexibility index (Phi) is 5.10. The van der Waals surface area contributed by atoms with E-state index in [-0.39, 0.29) is 0 Å². The van der Waals surface area contributed by atoms with Gasteiger partial charge in [0.05, 0.1) is 16.4 Å². The largest absolute Gasteiger partial charge is 0.489 e. The summed E-state index contributed by atoms with van der Waals surface area (Å²) in [5.74, 6) is 0.812. The molecule has 0 amide bonds. The summed E-state index contributed by atoms with van der Waals surface area (Å²) in [5.41, 5.74) is 6.12. The van der Waals surface area contributed by atoms with Gasteiger partial charge in [0.2, 0.25) is 5.13 Å². The summed E-state index contributed by atoms with van der Waals surface area (Å²) in [6.07, 6.45) is 1.77. The number of para-hydroxylation sites is 1. The average Bonchev–Trinajstić information content (AvgIpc) is 3.21. The van der Waals surface area contributed by atoms with Gasteiger partial charge in [-0.1, -0.05) is 78.1 Å². The molecule has 1 N–H and O–H groups in total. The normalized spacial score (nSPS) is 11.3. The molecule has 1 aromatic heterocycles. The molecule has 5 rings (SSSR count). The van der Waals surface area contributed by atoms with Gasteiger partial charge in [0.15, 0.2) is 0 Å². The maximum absolute atomic E-state index is 6.05. The van der Waals surface area contributed by atoms with Gasteiger partial charge in [-0.3, -0.25) is 5.43 Å². The van der Waals surface area contributed by atoms with Gasteiger partial charge in [0.1, 0.15) is 12.4 Å². The van der Waals surface area contributed by atoms with Crippen LogP contribution in [0.4, 0.5) is 5.13 Å². The highest BCUT2D eigenvalue weighted by atomic mass is 32.1. The molecule has 0 aliphatic rings. The zero-order chi connectivity index (χ0) is 20.2. The molecule has 4 aromatic carbocycles. The van der Waals surface area contributed by atoms with Crippen LogP contribution in [0, 0.1) is 0 Å². The molecule has 0 atom stereocenters. The molecular weight excluding hydrogens is 390 g/mol. The molecule has 1 heterocycles. The van der Waals surface area contributed by atoms with E-state index in [4.69, 9.17) is 4.74 Å². The quantitative estimate of drug-likeness (QED) is 0.258. The Balaban J connectivity index is 1.26. The lowest BCUT2D eigenvalue weighted by Gasteiger charge is -2.09. The Labute approximate surface area is 178 Å². The number of fused-ring (bicyclic) bond motifs is 2. The smallest absolute Gasteiger partial charge is 0.204 e. The van der Waals surface area contributed by atoms with Crippen molar-refractivity contribution in [2.24, 2.45) is 5.10 Å². The van der Waals surface area contributed by atoms with Crippen LogP contribution in [0.1, 0.15) is 11.1 Å². The first-order valence-corrected chi connectivity index (χ1v) is 10.5. The molecule has 0 aliphatic carbocycles. The van der Waals surface area contributed by atoms with E-state index < -0.39 is 0 Å². The molecule has 4 nitrogen and oxygen atoms in total. The minimum Gasteiger partial charge on any atom is -0.489 e. The Morgan fingerprint density at radius 1 is 0.900 bits per heavy atom. The van der Waals surface area contributed by atoms with Crippen LogP contribution in [0.15, 0.2) is 96.1 Å². The predicted molar refractivity (Wildman–Crippen MR) is 126 cm³/mol. The van der Waals surface area contributed by atoms with Gasteiger partial charge in [-0.05, 0) is 46.2 Å². The van der Waals surface area contributed by atoms with Crippen LogP contribution in [0.2, 0.25) is 0 Å². The van der Waals surface area contributed by atoms with E-state index in [1.54, 1.807) is 17.6 Å². The highest BCUT2D eigenvalue weighted by Crippen LogP contribution is 2.25. The van der Waals surface area contributed by atoms with E-state index >= 15 is 0 Å². The second-order valence-corrected chi connectivity index (χ2v) is 7.89. The molecule has 0 radical (unpaired) electrons. The molecule has 146 valence electrons. The summed E-state index contributed by atoms with van der Waals surface area (Å²) in [6, 6.07) is 30.6. The van der Waals surface area contributed by atoms with Crippen LogP contribution >= 0.6 is 11.3 Å². The van der Waals surface area contributed by atoms with Crippen LogP contribution in [0.25, 0.3) is 21.0 Å². The standard InChI is InChI=1S/C25H19N3OS/c1-2-12-22-19(8-1)9-6-10-20(22)17-29-21-11-5-7-18(15-21)16-26-28-25-27-23-13-3-4-14-24(23)30-25/h1-16H,17H2,(H,27,28)/b26-16-. The lowest BCUT2D eigenvalue weighted by molar-refractivity contribution is 0.307. The third-order valence-corrected chi connectivity index (χ3v) is 5.74. The van der Waals surface area contributed by atoms with Crippen LogP contribution in [-0.4, -0.2) is 11.2 Å². The van der Waals surface area contributed by atoms with Gasteiger partial charge in [-0.25, -0.2) is 4.98 Å². The first-order valence-electron chi connectivity index (χ1n) is 9.69. The number of rotatable bonds is 6. The Bertz CT molecular complexity index is 1300. The van der Waals surface area contributed by atoms with Crippen molar-refractivity contribution in [3.63, 3.8) is 0 Å². The number of benzene rings is 4. The van der Waals surface area contributed by atoms with Crippen LogP contribution in [0.5, 0.6) is 5.75 Å². The zero-order valence-corrected chi connectivity index (χ0v) is 17.0. The molecule has 5 heteroatoms. The lowest BCUT2D eigenvalue weighted by Crippen LogP contribution is -1.97. The van der Waals surface area contributed by atoms with Gasteiger partial charge < -0.3 is 4.74 Å². The number of hydrogen-bond donors (Lipinski definition) is 1. The van der Waals surface area contributed by atoms with Gasteiger partial charge in [-0.15, -0.1) is 0 Å². The van der Waals surface area contributed by atoms with Crippen molar-refractivity contribution in [1.29, 1.82) is 0 Å². The van der Waals surface area contributed by atoms with E-state index in [0.717, 1.165) is 26.7 Å². The van der Waals surface area contributed by atoms with E-state index in [9.17, 15) is 0 Å². The second kappa shape index (κ2) is 8.35. The third kappa shape index (κ3) is 4.02. The third-order valence-electron chi connectivity index (χ3n) is 4.80. The fourth-order valence-corrected chi connectivity index (χ4v) is 4.16. The summed E-state index contributed by atoms with van der Waals surface area (Å²) in [6.45, 7) is 0.520. The van der Waals surface area contributed by atoms with Crippen molar-refractivity contribution in [1.82, 2.24) is 4.98 Å². The number of hydrogen-bond acceptors (Lipinski definition) is 5. The van der Waals surface area contributed by atoms with E-state index in [0.29, 0.717) is 6.61 Å². The van der Waals surface area contributed by atoms with Crippen molar-refractivity contribution >= 4 is 43.7 Å². The molecule has 0 fully saturated rings. The van der Waals surface area contributed by atoms with Gasteiger partial charge in [0.25, 0.3) is 0 Å². The topological polar surface area (TPSA) is 46.5 Å². The maximum Gasteiger partial charge on any atom is 0.204 e. The average molecular weight is 410 g/mol. The van der Waals surface area contributed by atoms with Crippen molar-refractivity contribution < 1.29 is 4.74 Å². The molecule has 5 aromatic rings. The molecular formula is C25H19N3OS. The van der Waals surface area contributed by atoms with Gasteiger partial charge >= 0.3 is 0 Å². The highest BCUT2D eigenvalue weighted by molar-refractivity contribution is 7.22. The summed E-state index contributed by atoms with van der Waals surface area (Å²) in [5, 5.41) is 7.54. The number of nitrogens with one attached hydrogen (secondary N) is 1. The van der Waals surface area contributed by atoms with Gasteiger partial charge in [0, 0.05) is 0 Å². The monoisotopic (exact) mass is 409 g/mol. The zero-order valence-electron chi connectivity index (χ0n) is 16.2. The fraction of sp³-hybridized carbons (Fsp3) is 0.0400. The minimum atomic E-state index is 0.520. The van der Waals surface area contributed by atoms with Crippen molar-refractivity contribution in [3.8, 4) is 5.75 Å².